The van der Waals surface area contributed by atoms with Crippen molar-refractivity contribution in [1.82, 2.24) is 4.90 Å². The molecule has 1 aromatic rings. The fourth-order valence-electron chi connectivity index (χ4n) is 2.15. The molecule has 0 saturated carbocycles. The zero-order chi connectivity index (χ0) is 13.3. The van der Waals surface area contributed by atoms with Crippen molar-refractivity contribution in [2.24, 2.45) is 0 Å². The molecule has 2 rings (SSSR count). The Labute approximate surface area is 113 Å². The van der Waals surface area contributed by atoms with Crippen molar-refractivity contribution in [3.8, 4) is 0 Å². The minimum Gasteiger partial charge on any atom is -0.480 e. The quantitative estimate of drug-likeness (QED) is 0.869. The van der Waals surface area contributed by atoms with Crippen LogP contribution in [-0.2, 0) is 9.59 Å². The molecule has 0 radical (unpaired) electrons. The lowest BCUT2D eigenvalue weighted by atomic mass is 9.82. The van der Waals surface area contributed by atoms with Crippen LogP contribution in [0.4, 0.5) is 0 Å². The van der Waals surface area contributed by atoms with Crippen molar-refractivity contribution in [2.75, 3.05) is 6.54 Å². The molecular formula is C13H12BrNO3. The van der Waals surface area contributed by atoms with Gasteiger partial charge < -0.3 is 10.0 Å². The van der Waals surface area contributed by atoms with E-state index in [2.05, 4.69) is 22.5 Å². The minimum atomic E-state index is -0.982. The maximum absolute atomic E-state index is 11.5. The van der Waals surface area contributed by atoms with E-state index in [-0.39, 0.29) is 11.8 Å². The lowest BCUT2D eigenvalue weighted by Gasteiger charge is -2.45. The van der Waals surface area contributed by atoms with Gasteiger partial charge in [0.25, 0.3) is 0 Å². The molecule has 0 unspecified atom stereocenters. The Morgan fingerprint density at radius 1 is 1.39 bits per heavy atom. The van der Waals surface area contributed by atoms with Crippen molar-refractivity contribution in [3.63, 3.8) is 0 Å². The van der Waals surface area contributed by atoms with Crippen LogP contribution in [0.2, 0.25) is 0 Å². The maximum Gasteiger partial charge on any atom is 0.327 e. The summed E-state index contributed by atoms with van der Waals surface area (Å²) >= 11 is 3.33. The Morgan fingerprint density at radius 2 is 2.00 bits per heavy atom. The van der Waals surface area contributed by atoms with Gasteiger partial charge in [0.05, 0.1) is 0 Å². The van der Waals surface area contributed by atoms with E-state index in [0.29, 0.717) is 6.54 Å². The zero-order valence-electron chi connectivity index (χ0n) is 9.54. The van der Waals surface area contributed by atoms with Crippen LogP contribution in [0.5, 0.6) is 0 Å². The average molecular weight is 310 g/mol. The largest absolute Gasteiger partial charge is 0.480 e. The van der Waals surface area contributed by atoms with Crippen LogP contribution in [0.25, 0.3) is 0 Å². The van der Waals surface area contributed by atoms with E-state index >= 15 is 0 Å². The number of aliphatic carboxylic acids is 1. The monoisotopic (exact) mass is 309 g/mol. The maximum atomic E-state index is 11.5. The highest BCUT2D eigenvalue weighted by Crippen LogP contribution is 2.35. The smallest absolute Gasteiger partial charge is 0.327 e. The highest BCUT2D eigenvalue weighted by Gasteiger charge is 2.46. The fourth-order valence-corrected chi connectivity index (χ4v) is 2.42. The first kappa shape index (κ1) is 12.8. The van der Waals surface area contributed by atoms with Gasteiger partial charge in [0.2, 0.25) is 5.91 Å². The van der Waals surface area contributed by atoms with Gasteiger partial charge in [-0.15, -0.1) is 0 Å². The van der Waals surface area contributed by atoms with Gasteiger partial charge in [-0.05, 0) is 23.8 Å². The Morgan fingerprint density at radius 3 is 2.50 bits per heavy atom. The second-order valence-electron chi connectivity index (χ2n) is 4.14. The normalized spacial score (nSPS) is 22.2. The SMILES string of the molecule is C=CC(=O)N1C[C@H](c2ccc(Br)cc2)[C@H]1C(=O)O. The summed E-state index contributed by atoms with van der Waals surface area (Å²) in [6.07, 6.45) is 1.15. The van der Waals surface area contributed by atoms with E-state index in [4.69, 9.17) is 0 Å². The van der Waals surface area contributed by atoms with E-state index in [1.165, 1.54) is 4.90 Å². The molecule has 1 aliphatic rings. The van der Waals surface area contributed by atoms with Gasteiger partial charge in [-0.3, -0.25) is 4.79 Å². The predicted octanol–water partition coefficient (Wildman–Crippen LogP) is 2.01. The zero-order valence-corrected chi connectivity index (χ0v) is 11.1. The van der Waals surface area contributed by atoms with E-state index in [9.17, 15) is 14.7 Å². The number of nitrogens with zero attached hydrogens (tertiary/aromatic N) is 1. The number of carbonyl (C=O) groups is 2. The third-order valence-electron chi connectivity index (χ3n) is 3.12. The number of likely N-dealkylation sites (tertiary alicyclic amines) is 1. The van der Waals surface area contributed by atoms with Gasteiger partial charge in [-0.25, -0.2) is 4.79 Å². The van der Waals surface area contributed by atoms with Gasteiger partial charge in [-0.2, -0.15) is 0 Å². The molecule has 1 N–H and O–H groups in total. The third-order valence-corrected chi connectivity index (χ3v) is 3.65. The molecule has 94 valence electrons. The number of hydrogen-bond donors (Lipinski definition) is 1. The molecule has 1 amide bonds. The molecule has 0 aliphatic carbocycles. The number of amides is 1. The standard InChI is InChI=1S/C13H12BrNO3/c1-2-11(16)15-7-10(12(15)13(17)18)8-3-5-9(14)6-4-8/h2-6,10,12H,1,7H2,(H,17,18)/t10-,12+/m1/s1. The van der Waals surface area contributed by atoms with Gasteiger partial charge in [-0.1, -0.05) is 34.6 Å². The van der Waals surface area contributed by atoms with Crippen LogP contribution in [0.1, 0.15) is 11.5 Å². The number of carboxylic acid groups (broad SMARTS) is 1. The molecule has 1 fully saturated rings. The third kappa shape index (κ3) is 2.18. The molecule has 1 heterocycles. The van der Waals surface area contributed by atoms with Crippen LogP contribution in [0.15, 0.2) is 41.4 Å². The van der Waals surface area contributed by atoms with Crippen LogP contribution < -0.4 is 0 Å². The number of carboxylic acids is 1. The summed E-state index contributed by atoms with van der Waals surface area (Å²) < 4.78 is 0.941. The van der Waals surface area contributed by atoms with E-state index in [0.717, 1.165) is 16.1 Å². The Bertz CT molecular complexity index is 497. The Hall–Kier alpha value is -1.62. The van der Waals surface area contributed by atoms with E-state index in [1.54, 1.807) is 0 Å². The molecule has 1 aromatic carbocycles. The summed E-state index contributed by atoms with van der Waals surface area (Å²) in [7, 11) is 0. The van der Waals surface area contributed by atoms with Gasteiger partial charge >= 0.3 is 5.97 Å². The molecule has 2 atom stereocenters. The van der Waals surface area contributed by atoms with Crippen molar-refractivity contribution in [2.45, 2.75) is 12.0 Å². The first-order valence-corrected chi connectivity index (χ1v) is 6.25. The van der Waals surface area contributed by atoms with Crippen LogP contribution in [-0.4, -0.2) is 34.5 Å². The highest BCUT2D eigenvalue weighted by atomic mass is 79.9. The summed E-state index contributed by atoms with van der Waals surface area (Å²) in [6.45, 7) is 3.80. The second kappa shape index (κ2) is 4.94. The number of hydrogen-bond acceptors (Lipinski definition) is 2. The summed E-state index contributed by atoms with van der Waals surface area (Å²) in [4.78, 5) is 24.0. The lowest BCUT2D eigenvalue weighted by Crippen LogP contribution is -2.60. The molecule has 1 saturated heterocycles. The highest BCUT2D eigenvalue weighted by molar-refractivity contribution is 9.10. The molecule has 4 nitrogen and oxygen atoms in total. The van der Waals surface area contributed by atoms with E-state index in [1.807, 2.05) is 24.3 Å². The molecule has 18 heavy (non-hydrogen) atoms. The average Bonchev–Trinajstić information content (AvgIpc) is 2.29. The number of carbonyl (C=O) groups excluding carboxylic acids is 1. The molecule has 1 aliphatic heterocycles. The summed E-state index contributed by atoms with van der Waals surface area (Å²) in [6, 6.07) is 6.69. The molecule has 0 spiro atoms. The van der Waals surface area contributed by atoms with Crippen LogP contribution in [0.3, 0.4) is 0 Å². The van der Waals surface area contributed by atoms with Crippen molar-refractivity contribution < 1.29 is 14.7 Å². The topological polar surface area (TPSA) is 57.6 Å². The van der Waals surface area contributed by atoms with Gasteiger partial charge in [0.1, 0.15) is 6.04 Å². The Kier molecular flexibility index (Phi) is 3.52. The van der Waals surface area contributed by atoms with Crippen molar-refractivity contribution in [1.29, 1.82) is 0 Å². The van der Waals surface area contributed by atoms with Gasteiger partial charge in [0.15, 0.2) is 0 Å². The van der Waals surface area contributed by atoms with Crippen LogP contribution >= 0.6 is 15.9 Å². The number of halogens is 1. The fraction of sp³-hybridized carbons (Fsp3) is 0.231. The first-order valence-electron chi connectivity index (χ1n) is 5.46. The summed E-state index contributed by atoms with van der Waals surface area (Å²) in [5.74, 6) is -1.47. The number of benzene rings is 1. The summed E-state index contributed by atoms with van der Waals surface area (Å²) in [5, 5.41) is 9.20. The Balaban J connectivity index is 2.21. The molecule has 0 aromatic heterocycles. The predicted molar refractivity (Wildman–Crippen MR) is 70.2 cm³/mol. The minimum absolute atomic E-state index is 0.153. The summed E-state index contributed by atoms with van der Waals surface area (Å²) in [5.41, 5.74) is 0.929. The van der Waals surface area contributed by atoms with Gasteiger partial charge in [0, 0.05) is 16.9 Å². The molecular weight excluding hydrogens is 298 g/mol. The lowest BCUT2D eigenvalue weighted by molar-refractivity contribution is -0.157. The first-order chi connectivity index (χ1) is 8.54. The van der Waals surface area contributed by atoms with Crippen molar-refractivity contribution >= 4 is 27.8 Å². The van der Waals surface area contributed by atoms with E-state index < -0.39 is 12.0 Å². The second-order valence-corrected chi connectivity index (χ2v) is 5.05. The molecule has 0 bridgehead atoms. The number of rotatable bonds is 3. The molecule has 5 heteroatoms. The van der Waals surface area contributed by atoms with Crippen molar-refractivity contribution in [3.05, 3.63) is 47.0 Å². The van der Waals surface area contributed by atoms with Crippen LogP contribution in [0, 0.1) is 0 Å².